The molecule has 25 heavy (non-hydrogen) atoms. The lowest BCUT2D eigenvalue weighted by Gasteiger charge is -2.14. The topological polar surface area (TPSA) is 107 Å². The predicted octanol–water partition coefficient (Wildman–Crippen LogP) is 1.07. The summed E-state index contributed by atoms with van der Waals surface area (Å²) in [5, 5.41) is 34.1. The van der Waals surface area contributed by atoms with Crippen molar-refractivity contribution >= 4 is 16.7 Å². The van der Waals surface area contributed by atoms with Crippen LogP contribution in [0.15, 0.2) is 12.1 Å². The molecule has 0 unspecified atom stereocenters. The van der Waals surface area contributed by atoms with Crippen LogP contribution in [0, 0.1) is 21.7 Å². The molecule has 0 radical (unpaired) electrons. The number of alkyl halides is 3. The van der Waals surface area contributed by atoms with Gasteiger partial charge in [0, 0.05) is 12.5 Å². The molecule has 10 heteroatoms. The minimum Gasteiger partial charge on any atom is -0.618 e. The number of benzene rings is 1. The van der Waals surface area contributed by atoms with Gasteiger partial charge in [-0.2, -0.15) is 23.2 Å². The first kappa shape index (κ1) is 18.5. The normalized spacial score (nSPS) is 11.9. The Bertz CT molecular complexity index is 859. The fourth-order valence-corrected chi connectivity index (χ4v) is 2.54. The number of nitrogen functional groups attached to an aromatic ring is 1. The molecule has 1 aromatic carbocycles. The molecule has 2 aromatic rings. The second kappa shape index (κ2) is 6.60. The SMILES string of the molecule is CN(C)CCCc1c(C#N)[n+]([O-])c2cc(C(F)(F)F)cc(N)c2[n+]1[O-]. The molecular formula is C15H16F3N5O2. The van der Waals surface area contributed by atoms with Crippen LogP contribution in [0.2, 0.25) is 0 Å². The molecular weight excluding hydrogens is 339 g/mol. The lowest BCUT2D eigenvalue weighted by Crippen LogP contribution is -2.45. The number of anilines is 1. The average Bonchev–Trinajstić information content (AvgIpc) is 2.50. The summed E-state index contributed by atoms with van der Waals surface area (Å²) >= 11 is 0. The predicted molar refractivity (Wildman–Crippen MR) is 82.9 cm³/mol. The van der Waals surface area contributed by atoms with Crippen LogP contribution in [0.3, 0.4) is 0 Å². The Labute approximate surface area is 141 Å². The summed E-state index contributed by atoms with van der Waals surface area (Å²) in [5.41, 5.74) is 2.36. The van der Waals surface area contributed by atoms with E-state index in [0.29, 0.717) is 25.1 Å². The summed E-state index contributed by atoms with van der Waals surface area (Å²) in [5.74, 6) is 0. The Morgan fingerprint density at radius 1 is 1.24 bits per heavy atom. The maximum absolute atomic E-state index is 12.9. The molecule has 2 rings (SSSR count). The van der Waals surface area contributed by atoms with Gasteiger partial charge in [-0.05, 0) is 33.1 Å². The molecule has 2 N–H and O–H groups in total. The summed E-state index contributed by atoms with van der Waals surface area (Å²) in [4.78, 5) is 1.86. The van der Waals surface area contributed by atoms with Crippen molar-refractivity contribution in [2.45, 2.75) is 19.0 Å². The van der Waals surface area contributed by atoms with Crippen LogP contribution in [-0.2, 0) is 12.6 Å². The van der Waals surface area contributed by atoms with Crippen molar-refractivity contribution in [1.82, 2.24) is 4.90 Å². The number of hydrogen-bond donors (Lipinski definition) is 1. The highest BCUT2D eigenvalue weighted by Gasteiger charge is 2.36. The molecule has 0 amide bonds. The van der Waals surface area contributed by atoms with Gasteiger partial charge in [-0.25, -0.2) is 0 Å². The van der Waals surface area contributed by atoms with Crippen molar-refractivity contribution in [3.8, 4) is 6.07 Å². The number of halogens is 3. The lowest BCUT2D eigenvalue weighted by atomic mass is 10.1. The number of nitrogens with two attached hydrogens (primary N) is 1. The Morgan fingerprint density at radius 2 is 1.88 bits per heavy atom. The molecule has 0 saturated heterocycles. The van der Waals surface area contributed by atoms with Gasteiger partial charge in [0.25, 0.3) is 11.2 Å². The molecule has 7 nitrogen and oxygen atoms in total. The van der Waals surface area contributed by atoms with Crippen LogP contribution in [0.1, 0.15) is 23.4 Å². The third-order valence-electron chi connectivity index (χ3n) is 3.71. The largest absolute Gasteiger partial charge is 0.618 e. The number of rotatable bonds is 4. The summed E-state index contributed by atoms with van der Waals surface area (Å²) in [6.45, 7) is 0.601. The average molecular weight is 355 g/mol. The first-order valence-corrected chi connectivity index (χ1v) is 7.31. The van der Waals surface area contributed by atoms with Gasteiger partial charge in [0.15, 0.2) is 6.07 Å². The van der Waals surface area contributed by atoms with E-state index in [-0.39, 0.29) is 27.1 Å². The van der Waals surface area contributed by atoms with Gasteiger partial charge in [0.1, 0.15) is 5.69 Å². The quantitative estimate of drug-likeness (QED) is 0.502. The van der Waals surface area contributed by atoms with Crippen molar-refractivity contribution in [3.05, 3.63) is 39.5 Å². The fraction of sp³-hybridized carbons (Fsp3) is 0.400. The summed E-state index contributed by atoms with van der Waals surface area (Å²) < 4.78 is 39.1. The van der Waals surface area contributed by atoms with Crippen LogP contribution in [0.25, 0.3) is 11.0 Å². The Kier molecular flexibility index (Phi) is 4.89. The van der Waals surface area contributed by atoms with E-state index in [9.17, 15) is 28.8 Å². The number of nitriles is 1. The number of fused-ring (bicyclic) bond motifs is 1. The third kappa shape index (κ3) is 3.51. The van der Waals surface area contributed by atoms with Crippen LogP contribution in [0.5, 0.6) is 0 Å². The number of hydrogen-bond acceptors (Lipinski definition) is 5. The van der Waals surface area contributed by atoms with Gasteiger partial charge in [-0.1, -0.05) is 0 Å². The van der Waals surface area contributed by atoms with Gasteiger partial charge in [-0.3, -0.25) is 0 Å². The molecule has 0 aliphatic heterocycles. The fourth-order valence-electron chi connectivity index (χ4n) is 2.54. The summed E-state index contributed by atoms with van der Waals surface area (Å²) in [6.07, 6.45) is -4.14. The van der Waals surface area contributed by atoms with E-state index in [1.807, 2.05) is 19.0 Å². The van der Waals surface area contributed by atoms with Crippen molar-refractivity contribution in [1.29, 1.82) is 5.26 Å². The third-order valence-corrected chi connectivity index (χ3v) is 3.71. The van der Waals surface area contributed by atoms with E-state index < -0.39 is 28.6 Å². The molecule has 0 atom stereocenters. The number of nitrogens with zero attached hydrogens (tertiary/aromatic N) is 4. The van der Waals surface area contributed by atoms with Crippen molar-refractivity contribution in [2.24, 2.45) is 0 Å². The van der Waals surface area contributed by atoms with Crippen LogP contribution in [0.4, 0.5) is 18.9 Å². The highest BCUT2D eigenvalue weighted by atomic mass is 19.4. The van der Waals surface area contributed by atoms with Crippen LogP contribution >= 0.6 is 0 Å². The highest BCUT2D eigenvalue weighted by molar-refractivity contribution is 5.82. The molecule has 1 heterocycles. The van der Waals surface area contributed by atoms with Crippen LogP contribution in [-0.4, -0.2) is 25.5 Å². The smallest absolute Gasteiger partial charge is 0.416 e. The number of aromatic nitrogens is 2. The zero-order valence-electron chi connectivity index (χ0n) is 13.6. The minimum absolute atomic E-state index is 0.0420. The molecule has 0 aliphatic carbocycles. The van der Waals surface area contributed by atoms with Gasteiger partial charge < -0.3 is 21.0 Å². The maximum Gasteiger partial charge on any atom is 0.416 e. The minimum atomic E-state index is -4.74. The van der Waals surface area contributed by atoms with Gasteiger partial charge in [0.05, 0.1) is 5.56 Å². The monoisotopic (exact) mass is 355 g/mol. The second-order valence-electron chi connectivity index (χ2n) is 5.83. The summed E-state index contributed by atoms with van der Waals surface area (Å²) in [7, 11) is 3.64. The first-order chi connectivity index (χ1) is 11.6. The first-order valence-electron chi connectivity index (χ1n) is 7.31. The molecule has 0 bridgehead atoms. The lowest BCUT2D eigenvalue weighted by molar-refractivity contribution is -0.636. The van der Waals surface area contributed by atoms with E-state index in [2.05, 4.69) is 0 Å². The Morgan fingerprint density at radius 3 is 2.40 bits per heavy atom. The molecule has 134 valence electrons. The molecule has 0 spiro atoms. The second-order valence-corrected chi connectivity index (χ2v) is 5.83. The van der Waals surface area contributed by atoms with E-state index in [1.165, 1.54) is 0 Å². The van der Waals surface area contributed by atoms with Crippen molar-refractivity contribution in [3.63, 3.8) is 0 Å². The Balaban J connectivity index is 2.72. The maximum atomic E-state index is 12.9. The van der Waals surface area contributed by atoms with Gasteiger partial charge >= 0.3 is 17.4 Å². The highest BCUT2D eigenvalue weighted by Crippen LogP contribution is 2.32. The zero-order chi connectivity index (χ0) is 18.9. The van der Waals surface area contributed by atoms with Gasteiger partial charge in [-0.15, -0.1) is 4.73 Å². The summed E-state index contributed by atoms with van der Waals surface area (Å²) in [6, 6.07) is 2.74. The zero-order valence-corrected chi connectivity index (χ0v) is 13.6. The van der Waals surface area contributed by atoms with E-state index >= 15 is 0 Å². The van der Waals surface area contributed by atoms with Crippen molar-refractivity contribution < 1.29 is 22.6 Å². The van der Waals surface area contributed by atoms with E-state index in [4.69, 9.17) is 5.73 Å². The van der Waals surface area contributed by atoms with E-state index in [0.717, 1.165) is 0 Å². The van der Waals surface area contributed by atoms with Gasteiger partial charge in [0.2, 0.25) is 0 Å². The van der Waals surface area contributed by atoms with E-state index in [1.54, 1.807) is 6.07 Å². The van der Waals surface area contributed by atoms with Crippen molar-refractivity contribution in [2.75, 3.05) is 26.4 Å². The molecule has 0 aliphatic rings. The molecule has 0 saturated carbocycles. The van der Waals surface area contributed by atoms with Crippen LogP contribution < -0.4 is 15.2 Å². The molecule has 1 aromatic heterocycles. The Hall–Kier alpha value is -2.80. The standard InChI is InChI=1S/C15H16F3N5O2/c1-21(2)5-3-4-11-13(8-19)22(24)12-7-9(15(16,17)18)6-10(20)14(12)23(11)25/h6-7H,3-5,20H2,1-2H3. The molecule has 0 fully saturated rings.